The van der Waals surface area contributed by atoms with Crippen LogP contribution in [0.1, 0.15) is 0 Å². The van der Waals surface area contributed by atoms with Crippen molar-refractivity contribution in [3.8, 4) is 0 Å². The van der Waals surface area contributed by atoms with Gasteiger partial charge in [0.05, 0.1) is 6.54 Å². The van der Waals surface area contributed by atoms with Crippen LogP contribution < -0.4 is 0 Å². The molecule has 0 spiro atoms. The summed E-state index contributed by atoms with van der Waals surface area (Å²) in [4.78, 5) is 4.12. The Hall–Kier alpha value is 0.720. The summed E-state index contributed by atoms with van der Waals surface area (Å²) in [6, 6.07) is 0. The van der Waals surface area contributed by atoms with E-state index in [1.807, 2.05) is 0 Å². The number of thiol groups is 1. The van der Waals surface area contributed by atoms with E-state index in [1.54, 1.807) is 11.8 Å². The standard InChI is InChI=1S/C3H5NS3/c5-7-3-4-1-2-6-3/h5H,1-2H2. The second-order valence-corrected chi connectivity index (χ2v) is 3.55. The molecule has 7 heavy (non-hydrogen) atoms. The molecule has 4 heteroatoms. The summed E-state index contributed by atoms with van der Waals surface area (Å²) >= 11 is 5.76. The average Bonchev–Trinajstić information content (AvgIpc) is 2.14. The maximum Gasteiger partial charge on any atom is 0.135 e. The number of hydrogen-bond acceptors (Lipinski definition) is 4. The zero-order chi connectivity index (χ0) is 5.11. The van der Waals surface area contributed by atoms with E-state index in [1.165, 1.54) is 10.8 Å². The van der Waals surface area contributed by atoms with Crippen LogP contribution >= 0.6 is 34.2 Å². The van der Waals surface area contributed by atoms with Gasteiger partial charge >= 0.3 is 0 Å². The van der Waals surface area contributed by atoms with Crippen molar-refractivity contribution in [2.24, 2.45) is 4.99 Å². The van der Waals surface area contributed by atoms with Crippen LogP contribution in [-0.2, 0) is 0 Å². The fourth-order valence-electron chi connectivity index (χ4n) is 0.371. The summed E-state index contributed by atoms with van der Waals surface area (Å²) in [7, 11) is 1.44. The molecule has 0 aliphatic carbocycles. The van der Waals surface area contributed by atoms with Crippen LogP contribution in [0, 0.1) is 0 Å². The quantitative estimate of drug-likeness (QED) is 0.417. The molecule has 0 N–H and O–H groups in total. The summed E-state index contributed by atoms with van der Waals surface area (Å²) in [6.45, 7) is 0.980. The first-order valence-electron chi connectivity index (χ1n) is 1.92. The SMILES string of the molecule is SSC1=NCCS1. The van der Waals surface area contributed by atoms with Crippen LogP contribution in [0.25, 0.3) is 0 Å². The minimum absolute atomic E-state index is 0.980. The van der Waals surface area contributed by atoms with Crippen LogP contribution in [0.15, 0.2) is 4.99 Å². The Bertz CT molecular complexity index is 90.2. The lowest BCUT2D eigenvalue weighted by Gasteiger charge is -1.83. The molecular formula is C3H5NS3. The number of nitrogens with zero attached hydrogens (tertiary/aromatic N) is 1. The van der Waals surface area contributed by atoms with E-state index in [9.17, 15) is 0 Å². The van der Waals surface area contributed by atoms with Gasteiger partial charge in [-0.05, 0) is 10.8 Å². The van der Waals surface area contributed by atoms with Crippen molar-refractivity contribution in [1.29, 1.82) is 0 Å². The summed E-state index contributed by atoms with van der Waals surface area (Å²) < 4.78 is 1.11. The third-order valence-electron chi connectivity index (χ3n) is 0.636. The third kappa shape index (κ3) is 1.58. The number of rotatable bonds is 0. The fraction of sp³-hybridized carbons (Fsp3) is 0.667. The van der Waals surface area contributed by atoms with Crippen molar-refractivity contribution in [3.05, 3.63) is 0 Å². The molecule has 0 bridgehead atoms. The molecule has 1 nitrogen and oxygen atoms in total. The van der Waals surface area contributed by atoms with Gasteiger partial charge < -0.3 is 0 Å². The summed E-state index contributed by atoms with van der Waals surface area (Å²) in [5.74, 6) is 1.14. The first-order valence-corrected chi connectivity index (χ1v) is 4.77. The van der Waals surface area contributed by atoms with Crippen molar-refractivity contribution in [1.82, 2.24) is 0 Å². The molecule has 0 aromatic heterocycles. The second kappa shape index (κ2) is 2.89. The predicted molar refractivity (Wildman–Crippen MR) is 41.3 cm³/mol. The molecule has 0 fully saturated rings. The highest BCUT2D eigenvalue weighted by Crippen LogP contribution is 2.23. The lowest BCUT2D eigenvalue weighted by atomic mass is 10.8. The van der Waals surface area contributed by atoms with Gasteiger partial charge in [-0.3, -0.25) is 4.99 Å². The van der Waals surface area contributed by atoms with Gasteiger partial charge in [-0.15, -0.1) is 11.7 Å². The van der Waals surface area contributed by atoms with Crippen LogP contribution in [0.2, 0.25) is 0 Å². The smallest absolute Gasteiger partial charge is 0.135 e. The number of hydrogen-bond donors (Lipinski definition) is 1. The molecule has 0 aromatic carbocycles. The Morgan fingerprint density at radius 2 is 2.71 bits per heavy atom. The van der Waals surface area contributed by atoms with Crippen LogP contribution in [-0.4, -0.2) is 16.7 Å². The summed E-state index contributed by atoms with van der Waals surface area (Å²) in [6.07, 6.45) is 0. The monoisotopic (exact) mass is 151 g/mol. The molecule has 0 radical (unpaired) electrons. The molecule has 1 aliphatic heterocycles. The Morgan fingerprint density at radius 1 is 1.86 bits per heavy atom. The minimum Gasteiger partial charge on any atom is -0.270 e. The number of thioether (sulfide) groups is 1. The first-order chi connectivity index (χ1) is 3.43. The van der Waals surface area contributed by atoms with E-state index >= 15 is 0 Å². The highest BCUT2D eigenvalue weighted by Gasteiger charge is 2.03. The fourth-order valence-corrected chi connectivity index (χ4v) is 2.17. The molecule has 1 rings (SSSR count). The lowest BCUT2D eigenvalue weighted by Crippen LogP contribution is -1.69. The maximum atomic E-state index is 4.12. The van der Waals surface area contributed by atoms with E-state index in [0.717, 1.165) is 16.7 Å². The Balaban J connectivity index is 2.36. The molecule has 1 heterocycles. The minimum atomic E-state index is 0.980. The first kappa shape index (κ1) is 5.85. The Kier molecular flexibility index (Phi) is 2.42. The highest BCUT2D eigenvalue weighted by molar-refractivity contribution is 8.79. The third-order valence-corrected chi connectivity index (χ3v) is 3.18. The van der Waals surface area contributed by atoms with Gasteiger partial charge in [0, 0.05) is 5.75 Å². The van der Waals surface area contributed by atoms with Gasteiger partial charge in [0.2, 0.25) is 0 Å². The molecule has 0 unspecified atom stereocenters. The molecule has 0 saturated heterocycles. The van der Waals surface area contributed by atoms with E-state index in [4.69, 9.17) is 0 Å². The topological polar surface area (TPSA) is 12.4 Å². The van der Waals surface area contributed by atoms with E-state index in [-0.39, 0.29) is 0 Å². The van der Waals surface area contributed by atoms with E-state index < -0.39 is 0 Å². The van der Waals surface area contributed by atoms with Crippen LogP contribution in [0.3, 0.4) is 0 Å². The molecule has 1 aliphatic rings. The van der Waals surface area contributed by atoms with Gasteiger partial charge in [0.1, 0.15) is 4.38 Å². The molecule has 0 aromatic rings. The normalized spacial score (nSPS) is 19.9. The predicted octanol–water partition coefficient (Wildman–Crippen LogP) is 1.67. The summed E-state index contributed by atoms with van der Waals surface area (Å²) in [5, 5.41) is 0. The van der Waals surface area contributed by atoms with Gasteiger partial charge in [-0.2, -0.15) is 0 Å². The van der Waals surface area contributed by atoms with Crippen LogP contribution in [0.4, 0.5) is 0 Å². The summed E-state index contributed by atoms with van der Waals surface area (Å²) in [5.41, 5.74) is 0. The zero-order valence-corrected chi connectivity index (χ0v) is 6.15. The van der Waals surface area contributed by atoms with E-state index in [2.05, 4.69) is 16.7 Å². The highest BCUT2D eigenvalue weighted by atomic mass is 33.1. The van der Waals surface area contributed by atoms with Gasteiger partial charge in [0.15, 0.2) is 0 Å². The Labute approximate surface area is 56.2 Å². The largest absolute Gasteiger partial charge is 0.270 e. The molecule has 0 saturated carbocycles. The second-order valence-electron chi connectivity index (χ2n) is 1.09. The zero-order valence-electron chi connectivity index (χ0n) is 3.63. The van der Waals surface area contributed by atoms with Crippen LogP contribution in [0.5, 0.6) is 0 Å². The maximum absolute atomic E-state index is 4.12. The number of aliphatic imine (C=N–C) groups is 1. The molecule has 0 amide bonds. The Morgan fingerprint density at radius 3 is 3.00 bits per heavy atom. The van der Waals surface area contributed by atoms with Gasteiger partial charge in [-0.1, -0.05) is 11.8 Å². The average molecular weight is 151 g/mol. The van der Waals surface area contributed by atoms with Crippen molar-refractivity contribution in [2.45, 2.75) is 0 Å². The molecule has 0 atom stereocenters. The van der Waals surface area contributed by atoms with Crippen molar-refractivity contribution >= 4 is 38.6 Å². The lowest BCUT2D eigenvalue weighted by molar-refractivity contribution is 1.18. The molecule has 40 valence electrons. The van der Waals surface area contributed by atoms with E-state index in [0.29, 0.717) is 0 Å². The molecular weight excluding hydrogens is 146 g/mol. The van der Waals surface area contributed by atoms with Crippen molar-refractivity contribution in [2.75, 3.05) is 12.3 Å². The van der Waals surface area contributed by atoms with Gasteiger partial charge in [-0.25, -0.2) is 0 Å². The van der Waals surface area contributed by atoms with Crippen molar-refractivity contribution < 1.29 is 0 Å². The van der Waals surface area contributed by atoms with Gasteiger partial charge in [0.25, 0.3) is 0 Å². The van der Waals surface area contributed by atoms with Crippen molar-refractivity contribution in [3.63, 3.8) is 0 Å².